The number of aromatic nitrogens is 1. The molecule has 1 aromatic rings. The van der Waals surface area contributed by atoms with Crippen molar-refractivity contribution < 1.29 is 19.3 Å². The van der Waals surface area contributed by atoms with Crippen LogP contribution in [-0.4, -0.2) is 17.0 Å². The van der Waals surface area contributed by atoms with Gasteiger partial charge in [-0.2, -0.15) is 4.57 Å². The van der Waals surface area contributed by atoms with Crippen LogP contribution >= 0.6 is 0 Å². The van der Waals surface area contributed by atoms with Gasteiger partial charge in [-0.25, -0.2) is 4.79 Å². The van der Waals surface area contributed by atoms with Gasteiger partial charge in [-0.1, -0.05) is 58.3 Å². The van der Waals surface area contributed by atoms with E-state index in [4.69, 9.17) is 5.11 Å². The Balaban J connectivity index is 2.18. The molecular formula is C20H33N2O3+. The summed E-state index contributed by atoms with van der Waals surface area (Å²) in [6.07, 6.45) is 13.4. The second-order valence-electron chi connectivity index (χ2n) is 6.71. The third-order valence-electron chi connectivity index (χ3n) is 4.35. The number of rotatable bonds is 13. The molecule has 0 saturated carbocycles. The van der Waals surface area contributed by atoms with Gasteiger partial charge in [0.25, 0.3) is 0 Å². The van der Waals surface area contributed by atoms with E-state index in [9.17, 15) is 9.59 Å². The summed E-state index contributed by atoms with van der Waals surface area (Å²) in [6, 6.07) is 3.54. The first-order valence-corrected chi connectivity index (χ1v) is 9.54. The van der Waals surface area contributed by atoms with Gasteiger partial charge < -0.3 is 10.4 Å². The van der Waals surface area contributed by atoms with Crippen molar-refractivity contribution in [1.82, 2.24) is 0 Å². The average Bonchev–Trinajstić information content (AvgIpc) is 2.55. The van der Waals surface area contributed by atoms with E-state index in [1.165, 1.54) is 44.9 Å². The number of aliphatic carboxylic acids is 1. The van der Waals surface area contributed by atoms with Gasteiger partial charge in [-0.3, -0.25) is 4.79 Å². The third kappa shape index (κ3) is 9.85. The Morgan fingerprint density at radius 3 is 2.20 bits per heavy atom. The van der Waals surface area contributed by atoms with Gasteiger partial charge in [-0.05, 0) is 6.42 Å². The first-order chi connectivity index (χ1) is 12.0. The number of amides is 1. The lowest BCUT2D eigenvalue weighted by molar-refractivity contribution is -0.691. The number of aryl methyl sites for hydroxylation is 1. The monoisotopic (exact) mass is 349 g/mol. The highest BCUT2D eigenvalue weighted by Gasteiger charge is 2.12. The molecule has 5 nitrogen and oxygen atoms in total. The van der Waals surface area contributed by atoms with Gasteiger partial charge >= 0.3 is 5.97 Å². The molecule has 2 N–H and O–H groups in total. The molecule has 0 aliphatic carbocycles. The van der Waals surface area contributed by atoms with Crippen LogP contribution in [0.3, 0.4) is 0 Å². The highest BCUT2D eigenvalue weighted by molar-refractivity contribution is 5.90. The fraction of sp³-hybridized carbons (Fsp3) is 0.650. The zero-order valence-electron chi connectivity index (χ0n) is 15.7. The van der Waals surface area contributed by atoms with E-state index in [0.717, 1.165) is 24.2 Å². The first kappa shape index (κ1) is 21.1. The van der Waals surface area contributed by atoms with Crippen LogP contribution < -0.4 is 9.88 Å². The van der Waals surface area contributed by atoms with Crippen molar-refractivity contribution in [2.24, 2.45) is 0 Å². The van der Waals surface area contributed by atoms with Gasteiger partial charge in [-0.15, -0.1) is 0 Å². The largest absolute Gasteiger partial charge is 0.477 e. The minimum Gasteiger partial charge on any atom is -0.477 e. The molecule has 0 aromatic carbocycles. The molecule has 0 bridgehead atoms. The second-order valence-corrected chi connectivity index (χ2v) is 6.71. The van der Waals surface area contributed by atoms with E-state index in [1.807, 2.05) is 6.92 Å². The predicted molar refractivity (Wildman–Crippen MR) is 99.5 cm³/mol. The summed E-state index contributed by atoms with van der Waals surface area (Å²) in [7, 11) is 0. The Hall–Kier alpha value is -1.91. The van der Waals surface area contributed by atoms with E-state index in [-0.39, 0.29) is 12.5 Å². The van der Waals surface area contributed by atoms with Crippen molar-refractivity contribution in [3.63, 3.8) is 0 Å². The van der Waals surface area contributed by atoms with Crippen molar-refractivity contribution >= 4 is 17.6 Å². The molecule has 1 heterocycles. The number of pyridine rings is 1. The van der Waals surface area contributed by atoms with Crippen molar-refractivity contribution in [2.75, 3.05) is 5.32 Å². The predicted octanol–water partition coefficient (Wildman–Crippen LogP) is 4.23. The fourth-order valence-corrected chi connectivity index (χ4v) is 2.86. The topological polar surface area (TPSA) is 70.3 Å². The summed E-state index contributed by atoms with van der Waals surface area (Å²) < 4.78 is 1.64. The normalized spacial score (nSPS) is 10.6. The number of nitrogens with one attached hydrogen (secondary N) is 1. The van der Waals surface area contributed by atoms with Crippen LogP contribution in [0.25, 0.3) is 0 Å². The molecule has 0 fully saturated rings. The number of anilines is 1. The maximum Gasteiger partial charge on any atom is 0.370 e. The molecule has 1 rings (SSSR count). The van der Waals surface area contributed by atoms with Crippen molar-refractivity contribution in [3.05, 3.63) is 24.0 Å². The molecule has 5 heteroatoms. The standard InChI is InChI=1S/C20H32N2O3/c1-3-4-5-6-7-8-9-10-11-12-19(23)21-18-13-14-22(16-20(24)25)17(2)15-18/h13-15H,3-12,16H2,1-2H3,(H,24,25)/p+1. The molecule has 0 aliphatic rings. The third-order valence-corrected chi connectivity index (χ3v) is 4.35. The molecule has 0 unspecified atom stereocenters. The molecule has 1 amide bonds. The smallest absolute Gasteiger partial charge is 0.370 e. The van der Waals surface area contributed by atoms with E-state index < -0.39 is 5.97 Å². The Bertz CT molecular complexity index is 544. The zero-order valence-corrected chi connectivity index (χ0v) is 15.7. The molecule has 25 heavy (non-hydrogen) atoms. The maximum atomic E-state index is 12.0. The maximum absolute atomic E-state index is 12.0. The molecule has 0 radical (unpaired) electrons. The van der Waals surface area contributed by atoms with E-state index >= 15 is 0 Å². The molecule has 0 atom stereocenters. The van der Waals surface area contributed by atoms with Crippen LogP contribution in [0.2, 0.25) is 0 Å². The number of hydrogen-bond donors (Lipinski definition) is 2. The first-order valence-electron chi connectivity index (χ1n) is 9.54. The number of carboxylic acid groups (broad SMARTS) is 1. The fourth-order valence-electron chi connectivity index (χ4n) is 2.86. The van der Waals surface area contributed by atoms with Gasteiger partial charge in [0.1, 0.15) is 0 Å². The van der Waals surface area contributed by atoms with Gasteiger partial charge in [0.05, 0.1) is 5.69 Å². The molecule has 140 valence electrons. The Kier molecular flexibility index (Phi) is 10.5. The number of carbonyl (C=O) groups is 2. The van der Waals surface area contributed by atoms with Crippen molar-refractivity contribution in [3.8, 4) is 0 Å². The van der Waals surface area contributed by atoms with E-state index in [0.29, 0.717) is 6.42 Å². The van der Waals surface area contributed by atoms with Gasteiger partial charge in [0, 0.05) is 25.5 Å². The number of hydrogen-bond acceptors (Lipinski definition) is 2. The highest BCUT2D eigenvalue weighted by atomic mass is 16.4. The van der Waals surface area contributed by atoms with Gasteiger partial charge in [0.2, 0.25) is 12.5 Å². The summed E-state index contributed by atoms with van der Waals surface area (Å²) in [4.78, 5) is 22.7. The Morgan fingerprint density at radius 1 is 1.04 bits per heavy atom. The zero-order chi connectivity index (χ0) is 18.5. The Labute approximate surface area is 151 Å². The minimum absolute atomic E-state index is 0.0262. The van der Waals surface area contributed by atoms with Crippen LogP contribution in [-0.2, 0) is 16.1 Å². The SMILES string of the molecule is CCCCCCCCCCCC(=O)Nc1cc[n+](CC(=O)O)c(C)c1. The second kappa shape index (κ2) is 12.5. The Morgan fingerprint density at radius 2 is 1.64 bits per heavy atom. The molecule has 1 aromatic heterocycles. The number of nitrogens with zero attached hydrogens (tertiary/aromatic N) is 1. The molecule has 0 saturated heterocycles. The van der Waals surface area contributed by atoms with Crippen LogP contribution in [0.5, 0.6) is 0 Å². The lowest BCUT2D eigenvalue weighted by Gasteiger charge is -2.06. The lowest BCUT2D eigenvalue weighted by Crippen LogP contribution is -2.40. The van der Waals surface area contributed by atoms with Gasteiger partial charge in [0.15, 0.2) is 11.9 Å². The molecule has 0 spiro atoms. The summed E-state index contributed by atoms with van der Waals surface area (Å²) in [6.45, 7) is 3.99. The van der Waals surface area contributed by atoms with E-state index in [1.54, 1.807) is 22.9 Å². The van der Waals surface area contributed by atoms with Crippen LogP contribution in [0, 0.1) is 6.92 Å². The summed E-state index contributed by atoms with van der Waals surface area (Å²) >= 11 is 0. The van der Waals surface area contributed by atoms with Crippen molar-refractivity contribution in [1.29, 1.82) is 0 Å². The highest BCUT2D eigenvalue weighted by Crippen LogP contribution is 2.12. The molecular weight excluding hydrogens is 316 g/mol. The van der Waals surface area contributed by atoms with Crippen molar-refractivity contribution in [2.45, 2.75) is 84.6 Å². The number of carbonyl (C=O) groups excluding carboxylic acids is 1. The number of carboxylic acids is 1. The average molecular weight is 349 g/mol. The number of unbranched alkanes of at least 4 members (excludes halogenated alkanes) is 8. The molecule has 0 aliphatic heterocycles. The van der Waals surface area contributed by atoms with Crippen LogP contribution in [0.15, 0.2) is 18.3 Å². The summed E-state index contributed by atoms with van der Waals surface area (Å²) in [5, 5.41) is 11.7. The van der Waals surface area contributed by atoms with Crippen LogP contribution in [0.4, 0.5) is 5.69 Å². The van der Waals surface area contributed by atoms with Crippen LogP contribution in [0.1, 0.15) is 76.8 Å². The summed E-state index contributed by atoms with van der Waals surface area (Å²) in [5.74, 6) is -0.853. The lowest BCUT2D eigenvalue weighted by atomic mass is 10.1. The quantitative estimate of drug-likeness (QED) is 0.414. The van der Waals surface area contributed by atoms with E-state index in [2.05, 4.69) is 12.2 Å². The minimum atomic E-state index is -0.879. The summed E-state index contributed by atoms with van der Waals surface area (Å²) in [5.41, 5.74) is 1.53.